The Bertz CT molecular complexity index is 531. The van der Waals surface area contributed by atoms with Crippen LogP contribution in [0, 0.1) is 0 Å². The standard InChI is InChI=1S/C16H25NO5.C2H4O2/c1-4-21-16(18)7-5-6-8-22-12-9-14(19-2)13(11-17)15(10-12)20-3;1-2(3)4/h9-10H,4-8,11,17H2,1-3H3;1H3,(H,3,4). The zero-order chi connectivity index (χ0) is 19.9. The van der Waals surface area contributed by atoms with Crippen molar-refractivity contribution in [2.24, 2.45) is 5.73 Å². The number of benzene rings is 1. The van der Waals surface area contributed by atoms with E-state index in [1.54, 1.807) is 33.3 Å². The van der Waals surface area contributed by atoms with Crippen molar-refractivity contribution in [3.8, 4) is 17.2 Å². The van der Waals surface area contributed by atoms with Crippen molar-refractivity contribution in [1.82, 2.24) is 0 Å². The van der Waals surface area contributed by atoms with Crippen molar-refractivity contribution in [1.29, 1.82) is 0 Å². The fourth-order valence-corrected chi connectivity index (χ4v) is 2.04. The molecule has 0 saturated heterocycles. The van der Waals surface area contributed by atoms with Gasteiger partial charge in [0.2, 0.25) is 0 Å². The normalized spacial score (nSPS) is 9.58. The summed E-state index contributed by atoms with van der Waals surface area (Å²) in [4.78, 5) is 20.2. The largest absolute Gasteiger partial charge is 0.496 e. The van der Waals surface area contributed by atoms with Gasteiger partial charge >= 0.3 is 5.97 Å². The third kappa shape index (κ3) is 9.73. The summed E-state index contributed by atoms with van der Waals surface area (Å²) in [5, 5.41) is 7.42. The van der Waals surface area contributed by atoms with Crippen molar-refractivity contribution in [2.45, 2.75) is 39.7 Å². The van der Waals surface area contributed by atoms with Gasteiger partial charge in [-0.3, -0.25) is 9.59 Å². The topological polar surface area (TPSA) is 117 Å². The molecule has 3 N–H and O–H groups in total. The van der Waals surface area contributed by atoms with E-state index in [2.05, 4.69) is 0 Å². The first-order chi connectivity index (χ1) is 12.4. The number of carbonyl (C=O) groups excluding carboxylic acids is 1. The summed E-state index contributed by atoms with van der Waals surface area (Å²) >= 11 is 0. The number of hydrogen-bond donors (Lipinski definition) is 2. The number of carboxylic acid groups (broad SMARTS) is 1. The van der Waals surface area contributed by atoms with Crippen LogP contribution in [0.3, 0.4) is 0 Å². The van der Waals surface area contributed by atoms with E-state index in [9.17, 15) is 4.79 Å². The number of unbranched alkanes of at least 4 members (excludes halogenated alkanes) is 1. The zero-order valence-electron chi connectivity index (χ0n) is 15.9. The van der Waals surface area contributed by atoms with Gasteiger partial charge in [-0.2, -0.15) is 0 Å². The second-order valence-corrected chi connectivity index (χ2v) is 5.14. The molecular weight excluding hydrogens is 342 g/mol. The molecule has 1 rings (SSSR count). The Kier molecular flexibility index (Phi) is 12.5. The molecule has 8 nitrogen and oxygen atoms in total. The molecule has 0 spiro atoms. The van der Waals surface area contributed by atoms with E-state index in [0.29, 0.717) is 43.4 Å². The summed E-state index contributed by atoms with van der Waals surface area (Å²) in [5.74, 6) is 0.937. The van der Waals surface area contributed by atoms with Crippen LogP contribution in [-0.2, 0) is 20.9 Å². The summed E-state index contributed by atoms with van der Waals surface area (Å²) in [6, 6.07) is 3.58. The summed E-state index contributed by atoms with van der Waals surface area (Å²) in [6.07, 6.45) is 1.91. The highest BCUT2D eigenvalue weighted by atomic mass is 16.5. The van der Waals surface area contributed by atoms with Crippen LogP contribution in [0.5, 0.6) is 17.2 Å². The lowest BCUT2D eigenvalue weighted by Gasteiger charge is -2.14. The number of esters is 1. The third-order valence-corrected chi connectivity index (χ3v) is 3.13. The molecule has 0 aliphatic carbocycles. The average molecular weight is 371 g/mol. The van der Waals surface area contributed by atoms with Gasteiger partial charge in [0.05, 0.1) is 27.4 Å². The van der Waals surface area contributed by atoms with E-state index < -0.39 is 5.97 Å². The monoisotopic (exact) mass is 371 g/mol. The van der Waals surface area contributed by atoms with Crippen molar-refractivity contribution in [2.75, 3.05) is 27.4 Å². The molecule has 1 aromatic carbocycles. The second-order valence-electron chi connectivity index (χ2n) is 5.14. The molecule has 0 atom stereocenters. The van der Waals surface area contributed by atoms with Crippen LogP contribution in [0.1, 0.15) is 38.7 Å². The van der Waals surface area contributed by atoms with Crippen molar-refractivity contribution in [3.63, 3.8) is 0 Å². The van der Waals surface area contributed by atoms with Crippen LogP contribution in [0.15, 0.2) is 12.1 Å². The van der Waals surface area contributed by atoms with Crippen LogP contribution in [0.25, 0.3) is 0 Å². The van der Waals surface area contributed by atoms with Gasteiger partial charge in [0.15, 0.2) is 0 Å². The van der Waals surface area contributed by atoms with Gasteiger partial charge < -0.3 is 29.8 Å². The molecule has 0 saturated carbocycles. The van der Waals surface area contributed by atoms with E-state index in [4.69, 9.17) is 34.6 Å². The Morgan fingerprint density at radius 2 is 1.65 bits per heavy atom. The van der Waals surface area contributed by atoms with Crippen LogP contribution < -0.4 is 19.9 Å². The third-order valence-electron chi connectivity index (χ3n) is 3.13. The molecule has 8 heteroatoms. The van der Waals surface area contributed by atoms with Crippen molar-refractivity contribution < 1.29 is 33.6 Å². The van der Waals surface area contributed by atoms with Crippen LogP contribution >= 0.6 is 0 Å². The molecule has 0 amide bonds. The van der Waals surface area contributed by atoms with E-state index in [0.717, 1.165) is 25.3 Å². The molecule has 26 heavy (non-hydrogen) atoms. The van der Waals surface area contributed by atoms with E-state index in [1.807, 2.05) is 0 Å². The molecular formula is C18H29NO7. The molecule has 0 heterocycles. The zero-order valence-corrected chi connectivity index (χ0v) is 15.9. The molecule has 0 fully saturated rings. The Hall–Kier alpha value is -2.48. The van der Waals surface area contributed by atoms with Crippen molar-refractivity contribution in [3.05, 3.63) is 17.7 Å². The Balaban J connectivity index is 0.00000141. The number of nitrogens with two attached hydrogens (primary N) is 1. The predicted molar refractivity (Wildman–Crippen MR) is 96.7 cm³/mol. The molecule has 0 aromatic heterocycles. The molecule has 0 bridgehead atoms. The van der Waals surface area contributed by atoms with Crippen molar-refractivity contribution >= 4 is 11.9 Å². The van der Waals surface area contributed by atoms with Gasteiger partial charge in [0.1, 0.15) is 17.2 Å². The SMILES string of the molecule is CC(=O)O.CCOC(=O)CCCCOc1cc(OC)c(CN)c(OC)c1. The lowest BCUT2D eigenvalue weighted by Crippen LogP contribution is -2.06. The number of aliphatic carboxylic acids is 1. The minimum absolute atomic E-state index is 0.168. The van der Waals surface area contributed by atoms with Gasteiger partial charge in [-0.15, -0.1) is 0 Å². The first-order valence-corrected chi connectivity index (χ1v) is 8.32. The van der Waals surface area contributed by atoms with E-state index in [-0.39, 0.29) is 5.97 Å². The van der Waals surface area contributed by atoms with Crippen LogP contribution in [0.2, 0.25) is 0 Å². The summed E-state index contributed by atoms with van der Waals surface area (Å²) in [7, 11) is 3.16. The van der Waals surface area contributed by atoms with Gasteiger partial charge in [-0.05, 0) is 19.8 Å². The summed E-state index contributed by atoms with van der Waals surface area (Å²) < 4.78 is 21.2. The number of carbonyl (C=O) groups is 2. The van der Waals surface area contributed by atoms with Gasteiger partial charge in [-0.1, -0.05) is 0 Å². The highest BCUT2D eigenvalue weighted by Gasteiger charge is 2.12. The summed E-state index contributed by atoms with van der Waals surface area (Å²) in [6.45, 7) is 4.13. The Morgan fingerprint density at radius 3 is 2.08 bits per heavy atom. The lowest BCUT2D eigenvalue weighted by atomic mass is 10.1. The summed E-state index contributed by atoms with van der Waals surface area (Å²) in [5.41, 5.74) is 6.51. The van der Waals surface area contributed by atoms with E-state index >= 15 is 0 Å². The molecule has 0 aliphatic heterocycles. The minimum atomic E-state index is -0.833. The number of rotatable bonds is 10. The maximum Gasteiger partial charge on any atom is 0.305 e. The number of hydrogen-bond acceptors (Lipinski definition) is 7. The fourth-order valence-electron chi connectivity index (χ4n) is 2.04. The minimum Gasteiger partial charge on any atom is -0.496 e. The van der Waals surface area contributed by atoms with Crippen LogP contribution in [-0.4, -0.2) is 44.5 Å². The maximum absolute atomic E-state index is 11.2. The second kappa shape index (κ2) is 13.8. The molecule has 0 unspecified atom stereocenters. The van der Waals surface area contributed by atoms with Gasteiger partial charge in [-0.25, -0.2) is 0 Å². The molecule has 0 radical (unpaired) electrons. The van der Waals surface area contributed by atoms with Gasteiger partial charge in [0, 0.05) is 37.6 Å². The number of ether oxygens (including phenoxy) is 4. The number of carboxylic acids is 1. The molecule has 1 aromatic rings. The fraction of sp³-hybridized carbons (Fsp3) is 0.556. The first kappa shape index (κ1) is 23.5. The highest BCUT2D eigenvalue weighted by molar-refractivity contribution is 5.69. The average Bonchev–Trinajstić information content (AvgIpc) is 2.60. The predicted octanol–water partition coefficient (Wildman–Crippen LogP) is 2.37. The Morgan fingerprint density at radius 1 is 1.12 bits per heavy atom. The van der Waals surface area contributed by atoms with Gasteiger partial charge in [0.25, 0.3) is 5.97 Å². The number of methoxy groups -OCH3 is 2. The maximum atomic E-state index is 11.2. The molecule has 0 aliphatic rings. The Labute approximate surface area is 154 Å². The van der Waals surface area contributed by atoms with E-state index in [1.165, 1.54) is 0 Å². The molecule has 148 valence electrons. The first-order valence-electron chi connectivity index (χ1n) is 8.32. The van der Waals surface area contributed by atoms with Crippen LogP contribution in [0.4, 0.5) is 0 Å². The quantitative estimate of drug-likeness (QED) is 0.475. The lowest BCUT2D eigenvalue weighted by molar-refractivity contribution is -0.143. The smallest absolute Gasteiger partial charge is 0.305 e. The highest BCUT2D eigenvalue weighted by Crippen LogP contribution is 2.33.